The van der Waals surface area contributed by atoms with Gasteiger partial charge in [-0.15, -0.1) is 0 Å². The lowest BCUT2D eigenvalue weighted by Crippen LogP contribution is -2.06. The van der Waals surface area contributed by atoms with Gasteiger partial charge in [0.2, 0.25) is 0 Å². The van der Waals surface area contributed by atoms with Crippen molar-refractivity contribution in [2.24, 2.45) is 0 Å². The SMILES string of the molecule is Nc1cccc(Cl)c1Nc1cc(C(F)(F)F)ccc1Cl. The van der Waals surface area contributed by atoms with Crippen molar-refractivity contribution in [1.82, 2.24) is 0 Å². The molecule has 2 nitrogen and oxygen atoms in total. The first-order valence-electron chi connectivity index (χ1n) is 5.47. The van der Waals surface area contributed by atoms with E-state index in [1.54, 1.807) is 18.2 Å². The molecule has 20 heavy (non-hydrogen) atoms. The van der Waals surface area contributed by atoms with Crippen LogP contribution in [0.1, 0.15) is 5.56 Å². The summed E-state index contributed by atoms with van der Waals surface area (Å²) in [7, 11) is 0. The summed E-state index contributed by atoms with van der Waals surface area (Å²) >= 11 is 11.8. The minimum Gasteiger partial charge on any atom is -0.397 e. The molecule has 0 fully saturated rings. The van der Waals surface area contributed by atoms with E-state index in [1.807, 2.05) is 0 Å². The van der Waals surface area contributed by atoms with Crippen molar-refractivity contribution in [3.8, 4) is 0 Å². The van der Waals surface area contributed by atoms with E-state index >= 15 is 0 Å². The molecular formula is C13H9Cl2F3N2. The third-order valence-electron chi connectivity index (χ3n) is 2.60. The van der Waals surface area contributed by atoms with Crippen molar-refractivity contribution in [2.75, 3.05) is 11.1 Å². The Morgan fingerprint density at radius 3 is 2.30 bits per heavy atom. The van der Waals surface area contributed by atoms with E-state index in [4.69, 9.17) is 28.9 Å². The van der Waals surface area contributed by atoms with Gasteiger partial charge >= 0.3 is 6.18 Å². The van der Waals surface area contributed by atoms with Gasteiger partial charge in [-0.2, -0.15) is 13.2 Å². The van der Waals surface area contributed by atoms with Crippen LogP contribution in [0, 0.1) is 0 Å². The second kappa shape index (κ2) is 5.42. The zero-order chi connectivity index (χ0) is 14.9. The van der Waals surface area contributed by atoms with Gasteiger partial charge in [0, 0.05) is 0 Å². The van der Waals surface area contributed by atoms with Crippen molar-refractivity contribution in [1.29, 1.82) is 0 Å². The van der Waals surface area contributed by atoms with Crippen LogP contribution in [0.2, 0.25) is 10.0 Å². The lowest BCUT2D eigenvalue weighted by Gasteiger charge is -2.14. The van der Waals surface area contributed by atoms with Crippen LogP contribution in [-0.2, 0) is 6.18 Å². The lowest BCUT2D eigenvalue weighted by molar-refractivity contribution is -0.137. The number of nitrogen functional groups attached to an aromatic ring is 1. The number of benzene rings is 2. The van der Waals surface area contributed by atoms with Gasteiger partial charge in [-0.05, 0) is 30.3 Å². The number of nitrogens with two attached hydrogens (primary N) is 1. The van der Waals surface area contributed by atoms with Crippen LogP contribution >= 0.6 is 23.2 Å². The molecular weight excluding hydrogens is 312 g/mol. The van der Waals surface area contributed by atoms with Crippen molar-refractivity contribution in [2.45, 2.75) is 6.18 Å². The number of anilines is 3. The van der Waals surface area contributed by atoms with E-state index in [2.05, 4.69) is 5.32 Å². The predicted molar refractivity (Wildman–Crippen MR) is 75.6 cm³/mol. The Morgan fingerprint density at radius 1 is 1.00 bits per heavy atom. The monoisotopic (exact) mass is 320 g/mol. The van der Waals surface area contributed by atoms with E-state index in [9.17, 15) is 13.2 Å². The molecule has 2 aromatic rings. The van der Waals surface area contributed by atoms with Gasteiger partial charge in [0.05, 0.1) is 32.7 Å². The fraction of sp³-hybridized carbons (Fsp3) is 0.0769. The number of hydrogen-bond donors (Lipinski definition) is 2. The Hall–Kier alpha value is -1.59. The van der Waals surface area contributed by atoms with E-state index in [-0.39, 0.29) is 10.7 Å². The summed E-state index contributed by atoms with van der Waals surface area (Å²) in [5, 5.41) is 3.16. The highest BCUT2D eigenvalue weighted by Gasteiger charge is 2.31. The largest absolute Gasteiger partial charge is 0.416 e. The third kappa shape index (κ3) is 3.11. The molecule has 7 heteroatoms. The van der Waals surface area contributed by atoms with Crippen LogP contribution in [0.25, 0.3) is 0 Å². The zero-order valence-corrected chi connectivity index (χ0v) is 11.4. The van der Waals surface area contributed by atoms with Gasteiger partial charge in [0.1, 0.15) is 0 Å². The van der Waals surface area contributed by atoms with Crippen LogP contribution in [0.5, 0.6) is 0 Å². The molecule has 0 spiro atoms. The topological polar surface area (TPSA) is 38.0 Å². The fourth-order valence-electron chi connectivity index (χ4n) is 1.60. The Kier molecular flexibility index (Phi) is 4.01. The summed E-state index contributed by atoms with van der Waals surface area (Å²) in [5.41, 5.74) is 5.63. The summed E-state index contributed by atoms with van der Waals surface area (Å²) in [6, 6.07) is 7.77. The first-order chi connectivity index (χ1) is 9.29. The maximum absolute atomic E-state index is 12.7. The molecule has 0 aliphatic carbocycles. The number of alkyl halides is 3. The van der Waals surface area contributed by atoms with E-state index in [1.165, 1.54) is 6.07 Å². The molecule has 106 valence electrons. The molecule has 0 saturated carbocycles. The molecule has 0 aromatic heterocycles. The average Bonchev–Trinajstić information content (AvgIpc) is 2.34. The van der Waals surface area contributed by atoms with Gasteiger partial charge < -0.3 is 11.1 Å². The molecule has 2 rings (SSSR count). The molecule has 0 aliphatic heterocycles. The highest BCUT2D eigenvalue weighted by Crippen LogP contribution is 2.37. The average molecular weight is 321 g/mol. The summed E-state index contributed by atoms with van der Waals surface area (Å²) < 4.78 is 38.0. The zero-order valence-electron chi connectivity index (χ0n) is 9.93. The highest BCUT2D eigenvalue weighted by atomic mass is 35.5. The van der Waals surface area contributed by atoms with Crippen LogP contribution in [-0.4, -0.2) is 0 Å². The second-order valence-corrected chi connectivity index (χ2v) is 4.84. The molecule has 0 amide bonds. The number of hydrogen-bond acceptors (Lipinski definition) is 2. The Morgan fingerprint density at radius 2 is 1.70 bits per heavy atom. The molecule has 0 heterocycles. The van der Waals surface area contributed by atoms with Gasteiger partial charge in [-0.1, -0.05) is 29.3 Å². The van der Waals surface area contributed by atoms with E-state index in [0.717, 1.165) is 12.1 Å². The normalized spacial score (nSPS) is 11.4. The quantitative estimate of drug-likeness (QED) is 0.733. The van der Waals surface area contributed by atoms with Crippen molar-refractivity contribution < 1.29 is 13.2 Å². The maximum Gasteiger partial charge on any atom is 0.416 e. The molecule has 2 aromatic carbocycles. The second-order valence-electron chi connectivity index (χ2n) is 4.02. The van der Waals surface area contributed by atoms with Crippen molar-refractivity contribution in [3.05, 3.63) is 52.0 Å². The van der Waals surface area contributed by atoms with Crippen LogP contribution < -0.4 is 11.1 Å². The summed E-state index contributed by atoms with van der Waals surface area (Å²) in [6.45, 7) is 0. The summed E-state index contributed by atoms with van der Waals surface area (Å²) in [5.74, 6) is 0. The molecule has 3 N–H and O–H groups in total. The lowest BCUT2D eigenvalue weighted by atomic mass is 10.2. The van der Waals surface area contributed by atoms with E-state index in [0.29, 0.717) is 16.4 Å². The third-order valence-corrected chi connectivity index (χ3v) is 3.24. The van der Waals surface area contributed by atoms with Gasteiger partial charge in [-0.3, -0.25) is 0 Å². The Bertz CT molecular complexity index is 622. The first kappa shape index (κ1) is 14.8. The highest BCUT2D eigenvalue weighted by molar-refractivity contribution is 6.35. The predicted octanol–water partition coefficient (Wildman–Crippen LogP) is 5.34. The standard InChI is InChI=1S/C13H9Cl2F3N2/c14-8-5-4-7(13(16,17)18)6-11(8)20-12-9(15)2-1-3-10(12)19/h1-6,20H,19H2. The van der Waals surface area contributed by atoms with Crippen LogP contribution in [0.4, 0.5) is 30.2 Å². The smallest absolute Gasteiger partial charge is 0.397 e. The molecule has 0 bridgehead atoms. The number of nitrogens with one attached hydrogen (secondary N) is 1. The molecule has 0 atom stereocenters. The molecule has 0 saturated heterocycles. The van der Waals surface area contributed by atoms with E-state index < -0.39 is 11.7 Å². The summed E-state index contributed by atoms with van der Waals surface area (Å²) in [4.78, 5) is 0. The van der Waals surface area contributed by atoms with Crippen LogP contribution in [0.15, 0.2) is 36.4 Å². The minimum absolute atomic E-state index is 0.0845. The molecule has 0 aliphatic rings. The van der Waals surface area contributed by atoms with Gasteiger partial charge in [0.25, 0.3) is 0 Å². The Balaban J connectivity index is 2.43. The van der Waals surface area contributed by atoms with Gasteiger partial charge in [-0.25, -0.2) is 0 Å². The molecule has 0 unspecified atom stereocenters. The van der Waals surface area contributed by atoms with Gasteiger partial charge in [0.15, 0.2) is 0 Å². The summed E-state index contributed by atoms with van der Waals surface area (Å²) in [6.07, 6.45) is -4.45. The maximum atomic E-state index is 12.7. The molecule has 0 radical (unpaired) electrons. The fourth-order valence-corrected chi connectivity index (χ4v) is 2.00. The minimum atomic E-state index is -4.45. The number of rotatable bonds is 2. The van der Waals surface area contributed by atoms with Crippen LogP contribution in [0.3, 0.4) is 0 Å². The number of para-hydroxylation sites is 1. The first-order valence-corrected chi connectivity index (χ1v) is 6.22. The number of halogens is 5. The van der Waals surface area contributed by atoms with Crippen molar-refractivity contribution >= 4 is 40.3 Å². The van der Waals surface area contributed by atoms with Crippen molar-refractivity contribution in [3.63, 3.8) is 0 Å². The Labute approximate surface area is 123 Å².